The van der Waals surface area contributed by atoms with Crippen molar-refractivity contribution in [1.82, 2.24) is 10.3 Å². The molecule has 0 aliphatic heterocycles. The number of hydrogen-bond donors (Lipinski definition) is 1. The molecule has 3 nitrogen and oxygen atoms in total. The maximum absolute atomic E-state index is 6.36. The lowest BCUT2D eigenvalue weighted by atomic mass is 9.85. The molecule has 1 heterocycles. The van der Waals surface area contributed by atoms with E-state index in [9.17, 15) is 0 Å². The van der Waals surface area contributed by atoms with Crippen molar-refractivity contribution in [2.75, 3.05) is 0 Å². The molecule has 1 aromatic rings. The fourth-order valence-corrected chi connectivity index (χ4v) is 3.37. The third-order valence-electron chi connectivity index (χ3n) is 4.66. The van der Waals surface area contributed by atoms with Crippen LogP contribution in [0.15, 0.2) is 12.3 Å². The van der Waals surface area contributed by atoms with E-state index in [4.69, 9.17) is 16.3 Å². The first-order valence-electron chi connectivity index (χ1n) is 8.30. The maximum Gasteiger partial charge on any atom is 0.232 e. The van der Waals surface area contributed by atoms with E-state index < -0.39 is 0 Å². The highest BCUT2D eigenvalue weighted by atomic mass is 35.5. The lowest BCUT2D eigenvalue weighted by Gasteiger charge is -2.31. The molecule has 0 aromatic carbocycles. The summed E-state index contributed by atoms with van der Waals surface area (Å²) >= 11 is 6.36. The minimum Gasteiger partial charge on any atom is -0.473 e. The van der Waals surface area contributed by atoms with Crippen molar-refractivity contribution >= 4 is 11.6 Å². The lowest BCUT2D eigenvalue weighted by molar-refractivity contribution is 0.0859. The molecule has 0 radical (unpaired) electrons. The van der Waals surface area contributed by atoms with Crippen LogP contribution in [0.3, 0.4) is 0 Å². The van der Waals surface area contributed by atoms with Crippen LogP contribution in [0, 0.1) is 5.92 Å². The molecular weight excluding hydrogens is 284 g/mol. The lowest BCUT2D eigenvalue weighted by Crippen LogP contribution is -2.30. The molecule has 21 heavy (non-hydrogen) atoms. The molecule has 2 aliphatic carbocycles. The molecule has 2 saturated carbocycles. The molecule has 0 amide bonds. The molecule has 2 fully saturated rings. The van der Waals surface area contributed by atoms with Crippen LogP contribution in [0.25, 0.3) is 0 Å². The molecular formula is C17H25ClN2O. The Bertz CT molecular complexity index is 476. The number of nitrogens with one attached hydrogen (secondary N) is 1. The highest BCUT2D eigenvalue weighted by molar-refractivity contribution is 6.31. The Balaban J connectivity index is 1.61. The van der Waals surface area contributed by atoms with E-state index in [0.717, 1.165) is 18.5 Å². The summed E-state index contributed by atoms with van der Waals surface area (Å²) in [5, 5.41) is 4.12. The standard InChI is InChI=1S/C17H25ClN2O/c1-2-13-5-3-4-6-16(13)21-17-15(18)9-12(11-20-17)10-19-14-7-8-14/h9,11,13-14,16,19H,2-8,10H2,1H3. The highest BCUT2D eigenvalue weighted by Crippen LogP contribution is 2.32. The van der Waals surface area contributed by atoms with Crippen molar-refractivity contribution in [3.05, 3.63) is 22.8 Å². The number of hydrogen-bond acceptors (Lipinski definition) is 3. The highest BCUT2D eigenvalue weighted by Gasteiger charge is 2.26. The Morgan fingerprint density at radius 3 is 2.81 bits per heavy atom. The molecule has 4 heteroatoms. The number of nitrogens with zero attached hydrogens (tertiary/aromatic N) is 1. The SMILES string of the molecule is CCC1CCCCC1Oc1ncc(CNC2CC2)cc1Cl. The first-order chi connectivity index (χ1) is 10.3. The Morgan fingerprint density at radius 2 is 2.10 bits per heavy atom. The zero-order chi connectivity index (χ0) is 14.7. The van der Waals surface area contributed by atoms with Gasteiger partial charge in [-0.1, -0.05) is 24.9 Å². The average molecular weight is 309 g/mol. The first-order valence-corrected chi connectivity index (χ1v) is 8.68. The minimum atomic E-state index is 0.282. The Kier molecular flexibility index (Phi) is 5.02. The number of rotatable bonds is 6. The van der Waals surface area contributed by atoms with Crippen molar-refractivity contribution in [2.45, 2.75) is 70.6 Å². The molecule has 116 valence electrons. The first kappa shape index (κ1) is 15.1. The van der Waals surface area contributed by atoms with Gasteiger partial charge in [0.2, 0.25) is 5.88 Å². The third kappa shape index (κ3) is 4.10. The largest absolute Gasteiger partial charge is 0.473 e. The average Bonchev–Trinajstić information content (AvgIpc) is 3.32. The van der Waals surface area contributed by atoms with Crippen LogP contribution in [0.2, 0.25) is 5.02 Å². The second kappa shape index (κ2) is 6.97. The summed E-state index contributed by atoms with van der Waals surface area (Å²) in [4.78, 5) is 4.45. The molecule has 0 spiro atoms. The molecule has 1 aromatic heterocycles. The minimum absolute atomic E-state index is 0.282. The number of ether oxygens (including phenoxy) is 1. The van der Waals surface area contributed by atoms with Gasteiger partial charge in [-0.25, -0.2) is 4.98 Å². The van der Waals surface area contributed by atoms with Crippen LogP contribution in [-0.4, -0.2) is 17.1 Å². The second-order valence-electron chi connectivity index (χ2n) is 6.39. The maximum atomic E-state index is 6.36. The number of aromatic nitrogens is 1. The van der Waals surface area contributed by atoms with Gasteiger partial charge in [0.1, 0.15) is 11.1 Å². The topological polar surface area (TPSA) is 34.1 Å². The van der Waals surface area contributed by atoms with Crippen LogP contribution in [0.5, 0.6) is 5.88 Å². The van der Waals surface area contributed by atoms with E-state index in [1.54, 1.807) is 0 Å². The zero-order valence-electron chi connectivity index (χ0n) is 12.8. The van der Waals surface area contributed by atoms with Crippen molar-refractivity contribution in [3.8, 4) is 5.88 Å². The van der Waals surface area contributed by atoms with Gasteiger partial charge < -0.3 is 10.1 Å². The van der Waals surface area contributed by atoms with Gasteiger partial charge in [0.05, 0.1) is 0 Å². The summed E-state index contributed by atoms with van der Waals surface area (Å²) in [7, 11) is 0. The summed E-state index contributed by atoms with van der Waals surface area (Å²) in [5.41, 5.74) is 1.13. The summed E-state index contributed by atoms with van der Waals surface area (Å²) in [5.74, 6) is 1.25. The van der Waals surface area contributed by atoms with E-state index in [0.29, 0.717) is 22.9 Å². The van der Waals surface area contributed by atoms with Crippen LogP contribution in [-0.2, 0) is 6.54 Å². The van der Waals surface area contributed by atoms with Crippen molar-refractivity contribution in [3.63, 3.8) is 0 Å². The van der Waals surface area contributed by atoms with E-state index >= 15 is 0 Å². The van der Waals surface area contributed by atoms with Crippen molar-refractivity contribution < 1.29 is 4.74 Å². The monoisotopic (exact) mass is 308 g/mol. The van der Waals surface area contributed by atoms with E-state index in [-0.39, 0.29) is 6.10 Å². The van der Waals surface area contributed by atoms with Crippen molar-refractivity contribution in [1.29, 1.82) is 0 Å². The van der Waals surface area contributed by atoms with Gasteiger partial charge in [-0.15, -0.1) is 0 Å². The summed E-state index contributed by atoms with van der Waals surface area (Å²) in [6.45, 7) is 3.09. The fourth-order valence-electron chi connectivity index (χ4n) is 3.14. The smallest absolute Gasteiger partial charge is 0.232 e. The second-order valence-corrected chi connectivity index (χ2v) is 6.80. The molecule has 3 rings (SSSR count). The fraction of sp³-hybridized carbons (Fsp3) is 0.706. The molecule has 0 bridgehead atoms. The summed E-state index contributed by atoms with van der Waals surface area (Å²) in [6.07, 6.45) is 10.9. The number of halogens is 1. The van der Waals surface area contributed by atoms with E-state index in [1.807, 2.05) is 12.3 Å². The van der Waals surface area contributed by atoms with Gasteiger partial charge in [-0.3, -0.25) is 0 Å². The molecule has 2 unspecified atom stereocenters. The molecule has 2 aliphatic rings. The van der Waals surface area contributed by atoms with Gasteiger partial charge in [0.15, 0.2) is 0 Å². The van der Waals surface area contributed by atoms with Gasteiger partial charge in [-0.2, -0.15) is 0 Å². The quantitative estimate of drug-likeness (QED) is 0.849. The van der Waals surface area contributed by atoms with Crippen LogP contribution >= 0.6 is 11.6 Å². The van der Waals surface area contributed by atoms with Gasteiger partial charge in [0.25, 0.3) is 0 Å². The third-order valence-corrected chi connectivity index (χ3v) is 4.93. The van der Waals surface area contributed by atoms with Gasteiger partial charge >= 0.3 is 0 Å². The Hall–Kier alpha value is -0.800. The summed E-state index contributed by atoms with van der Waals surface area (Å²) in [6, 6.07) is 2.69. The Morgan fingerprint density at radius 1 is 1.29 bits per heavy atom. The zero-order valence-corrected chi connectivity index (χ0v) is 13.5. The molecule has 1 N–H and O–H groups in total. The normalized spacial score (nSPS) is 25.8. The van der Waals surface area contributed by atoms with Gasteiger partial charge in [0, 0.05) is 18.8 Å². The molecule has 2 atom stereocenters. The van der Waals surface area contributed by atoms with Crippen LogP contribution in [0.4, 0.5) is 0 Å². The van der Waals surface area contributed by atoms with Crippen molar-refractivity contribution in [2.24, 2.45) is 5.92 Å². The predicted molar refractivity (Wildman–Crippen MR) is 85.8 cm³/mol. The summed E-state index contributed by atoms with van der Waals surface area (Å²) < 4.78 is 6.12. The molecule has 0 saturated heterocycles. The number of pyridine rings is 1. The Labute approximate surface area is 132 Å². The van der Waals surface area contributed by atoms with E-state index in [2.05, 4.69) is 17.2 Å². The van der Waals surface area contributed by atoms with Crippen LogP contribution < -0.4 is 10.1 Å². The van der Waals surface area contributed by atoms with E-state index in [1.165, 1.54) is 38.5 Å². The van der Waals surface area contributed by atoms with Gasteiger partial charge in [-0.05, 0) is 56.1 Å². The predicted octanol–water partition coefficient (Wildman–Crippen LogP) is 4.33. The van der Waals surface area contributed by atoms with Crippen LogP contribution in [0.1, 0.15) is 57.4 Å².